The van der Waals surface area contributed by atoms with Crippen molar-refractivity contribution in [2.45, 2.75) is 44.4 Å². The van der Waals surface area contributed by atoms with Crippen molar-refractivity contribution in [2.24, 2.45) is 5.73 Å². The Balaban J connectivity index is 2.62. The second-order valence-electron chi connectivity index (χ2n) is 4.67. The van der Waals surface area contributed by atoms with Crippen LogP contribution in [-0.4, -0.2) is 49.4 Å². The molecule has 0 aliphatic carbocycles. The van der Waals surface area contributed by atoms with Gasteiger partial charge in [-0.1, -0.05) is 6.92 Å². The molecule has 0 bridgehead atoms. The summed E-state index contributed by atoms with van der Waals surface area (Å²) in [5, 5.41) is -0.654. The summed E-state index contributed by atoms with van der Waals surface area (Å²) in [5.74, 6) is -0.681. The molecule has 1 fully saturated rings. The normalized spacial score (nSPS) is 20.3. The minimum Gasteiger partial charge on any atom is -0.342 e. The van der Waals surface area contributed by atoms with Gasteiger partial charge in [0.2, 0.25) is 5.91 Å². The monoisotopic (exact) mass is 262 g/mol. The van der Waals surface area contributed by atoms with Crippen LogP contribution < -0.4 is 5.73 Å². The van der Waals surface area contributed by atoms with E-state index in [1.54, 1.807) is 11.8 Å². The fourth-order valence-electron chi connectivity index (χ4n) is 1.96. The number of rotatable bonds is 5. The Morgan fingerprint density at radius 1 is 1.35 bits per heavy atom. The third-order valence-corrected chi connectivity index (χ3v) is 5.56. The number of nitrogens with two attached hydrogens (primary N) is 1. The van der Waals surface area contributed by atoms with E-state index in [0.717, 1.165) is 12.8 Å². The number of nitrogens with zero attached hydrogens (tertiary/aromatic N) is 1. The highest BCUT2D eigenvalue weighted by atomic mass is 32.2. The van der Waals surface area contributed by atoms with Crippen molar-refractivity contribution in [2.75, 3.05) is 18.8 Å². The minimum atomic E-state index is -3.42. The summed E-state index contributed by atoms with van der Waals surface area (Å²) in [6.07, 6.45) is 2.53. The van der Waals surface area contributed by atoms with Crippen molar-refractivity contribution in [3.8, 4) is 0 Å². The van der Waals surface area contributed by atoms with Crippen LogP contribution in [0.1, 0.15) is 33.1 Å². The first-order valence-corrected chi connectivity index (χ1v) is 7.85. The predicted octanol–water partition coefficient (Wildman–Crippen LogP) is 0.149. The lowest BCUT2D eigenvalue weighted by molar-refractivity contribution is -0.127. The van der Waals surface area contributed by atoms with Crippen LogP contribution in [0.25, 0.3) is 0 Å². The lowest BCUT2D eigenvalue weighted by atomic mass is 10.2. The summed E-state index contributed by atoms with van der Waals surface area (Å²) in [6, 6.07) is -0.397. The van der Waals surface area contributed by atoms with Gasteiger partial charge in [0.15, 0.2) is 9.84 Å². The zero-order valence-corrected chi connectivity index (χ0v) is 11.4. The SMILES string of the molecule is CCC(N)C(C)S(=O)(=O)CC(=O)N1CCCC1. The molecule has 1 rings (SSSR count). The second-order valence-corrected chi connectivity index (χ2v) is 7.03. The molecule has 2 N–H and O–H groups in total. The molecular formula is C11H22N2O3S. The van der Waals surface area contributed by atoms with E-state index in [-0.39, 0.29) is 5.91 Å². The lowest BCUT2D eigenvalue weighted by Gasteiger charge is -2.21. The Labute approximate surface area is 103 Å². The van der Waals surface area contributed by atoms with Gasteiger partial charge in [0.05, 0.1) is 5.25 Å². The third kappa shape index (κ3) is 3.67. The van der Waals surface area contributed by atoms with Gasteiger partial charge in [0, 0.05) is 19.1 Å². The summed E-state index contributed by atoms with van der Waals surface area (Å²) < 4.78 is 23.9. The summed E-state index contributed by atoms with van der Waals surface area (Å²) >= 11 is 0. The van der Waals surface area contributed by atoms with Gasteiger partial charge in [0.25, 0.3) is 0 Å². The molecule has 100 valence electrons. The Morgan fingerprint density at radius 2 is 1.88 bits per heavy atom. The standard InChI is InChI=1S/C11H22N2O3S/c1-3-10(12)9(2)17(15,16)8-11(14)13-6-4-5-7-13/h9-10H,3-8,12H2,1-2H3. The van der Waals surface area contributed by atoms with E-state index in [0.29, 0.717) is 19.5 Å². The number of carbonyl (C=O) groups excluding carboxylic acids is 1. The van der Waals surface area contributed by atoms with Gasteiger partial charge in [0.1, 0.15) is 5.75 Å². The quantitative estimate of drug-likeness (QED) is 0.764. The largest absolute Gasteiger partial charge is 0.342 e. The van der Waals surface area contributed by atoms with Crippen molar-refractivity contribution >= 4 is 15.7 Å². The molecule has 1 aliphatic heterocycles. The maximum Gasteiger partial charge on any atom is 0.237 e. The minimum absolute atomic E-state index is 0.280. The van der Waals surface area contributed by atoms with Crippen molar-refractivity contribution in [1.82, 2.24) is 4.90 Å². The fraction of sp³-hybridized carbons (Fsp3) is 0.909. The number of hydrogen-bond acceptors (Lipinski definition) is 4. The summed E-state index contributed by atoms with van der Waals surface area (Å²) in [5.41, 5.74) is 5.73. The number of carbonyl (C=O) groups is 1. The molecule has 0 saturated carbocycles. The molecule has 6 heteroatoms. The highest BCUT2D eigenvalue weighted by Gasteiger charge is 2.30. The molecule has 0 radical (unpaired) electrons. The van der Waals surface area contributed by atoms with E-state index in [9.17, 15) is 13.2 Å². The van der Waals surface area contributed by atoms with Gasteiger partial charge >= 0.3 is 0 Å². The van der Waals surface area contributed by atoms with Crippen molar-refractivity contribution in [3.05, 3.63) is 0 Å². The molecule has 17 heavy (non-hydrogen) atoms. The number of amides is 1. The van der Waals surface area contributed by atoms with Crippen LogP contribution in [0.15, 0.2) is 0 Å². The van der Waals surface area contributed by atoms with Gasteiger partial charge in [-0.15, -0.1) is 0 Å². The van der Waals surface area contributed by atoms with Crippen LogP contribution in [-0.2, 0) is 14.6 Å². The summed E-state index contributed by atoms with van der Waals surface area (Å²) in [4.78, 5) is 13.4. The second kappa shape index (κ2) is 5.82. The van der Waals surface area contributed by atoms with Crippen LogP contribution in [0.3, 0.4) is 0 Å². The first-order valence-electron chi connectivity index (χ1n) is 6.13. The first-order chi connectivity index (χ1) is 7.88. The molecule has 2 unspecified atom stereocenters. The van der Waals surface area contributed by atoms with Crippen molar-refractivity contribution < 1.29 is 13.2 Å². The molecular weight excluding hydrogens is 240 g/mol. The van der Waals surface area contributed by atoms with Crippen LogP contribution in [0.5, 0.6) is 0 Å². The average molecular weight is 262 g/mol. The molecule has 0 aromatic heterocycles. The fourth-order valence-corrected chi connectivity index (χ4v) is 3.47. The Kier molecular flexibility index (Phi) is 4.94. The van der Waals surface area contributed by atoms with E-state index in [2.05, 4.69) is 0 Å². The van der Waals surface area contributed by atoms with E-state index in [1.807, 2.05) is 6.92 Å². The Bertz CT molecular complexity index is 361. The molecule has 1 amide bonds. The Morgan fingerprint density at radius 3 is 2.35 bits per heavy atom. The maximum atomic E-state index is 12.0. The van der Waals surface area contributed by atoms with E-state index in [4.69, 9.17) is 5.73 Å². The van der Waals surface area contributed by atoms with Gasteiger partial charge in [-0.2, -0.15) is 0 Å². The summed E-state index contributed by atoms with van der Waals surface area (Å²) in [7, 11) is -3.42. The number of likely N-dealkylation sites (tertiary alicyclic amines) is 1. The highest BCUT2D eigenvalue weighted by molar-refractivity contribution is 7.92. The zero-order chi connectivity index (χ0) is 13.1. The van der Waals surface area contributed by atoms with Crippen molar-refractivity contribution in [3.63, 3.8) is 0 Å². The van der Waals surface area contributed by atoms with Gasteiger partial charge in [-0.3, -0.25) is 4.79 Å². The molecule has 0 aromatic rings. The smallest absolute Gasteiger partial charge is 0.237 e. The molecule has 1 heterocycles. The molecule has 5 nitrogen and oxygen atoms in total. The zero-order valence-electron chi connectivity index (χ0n) is 10.6. The average Bonchev–Trinajstić information content (AvgIpc) is 2.79. The van der Waals surface area contributed by atoms with Gasteiger partial charge in [-0.25, -0.2) is 8.42 Å². The molecule has 1 aliphatic rings. The maximum absolute atomic E-state index is 12.0. The molecule has 0 aromatic carbocycles. The third-order valence-electron chi connectivity index (χ3n) is 3.42. The van der Waals surface area contributed by atoms with Gasteiger partial charge < -0.3 is 10.6 Å². The van der Waals surface area contributed by atoms with Crippen LogP contribution in [0.2, 0.25) is 0 Å². The Hall–Kier alpha value is -0.620. The van der Waals surface area contributed by atoms with Gasteiger partial charge in [-0.05, 0) is 26.2 Å². The molecule has 1 saturated heterocycles. The van der Waals surface area contributed by atoms with Crippen LogP contribution in [0.4, 0.5) is 0 Å². The lowest BCUT2D eigenvalue weighted by Crippen LogP contribution is -2.43. The number of hydrogen-bond donors (Lipinski definition) is 1. The predicted molar refractivity (Wildman–Crippen MR) is 67.3 cm³/mol. The molecule has 2 atom stereocenters. The summed E-state index contributed by atoms with van der Waals surface area (Å²) in [6.45, 7) is 4.80. The van der Waals surface area contributed by atoms with Crippen molar-refractivity contribution in [1.29, 1.82) is 0 Å². The van der Waals surface area contributed by atoms with E-state index in [1.165, 1.54) is 0 Å². The number of sulfone groups is 1. The first kappa shape index (κ1) is 14.4. The van der Waals surface area contributed by atoms with E-state index < -0.39 is 26.9 Å². The van der Waals surface area contributed by atoms with Crippen LogP contribution in [0, 0.1) is 0 Å². The molecule has 0 spiro atoms. The van der Waals surface area contributed by atoms with Crippen LogP contribution >= 0.6 is 0 Å². The topological polar surface area (TPSA) is 80.5 Å². The van der Waals surface area contributed by atoms with E-state index >= 15 is 0 Å². The highest BCUT2D eigenvalue weighted by Crippen LogP contribution is 2.12.